The number of amides is 1. The summed E-state index contributed by atoms with van der Waals surface area (Å²) in [5, 5.41) is 3.92. The number of benzene rings is 3. The first-order valence-corrected chi connectivity index (χ1v) is 9.08. The summed E-state index contributed by atoms with van der Waals surface area (Å²) in [6.45, 7) is 2.08. The lowest BCUT2D eigenvalue weighted by molar-refractivity contribution is 0.0729. The van der Waals surface area contributed by atoms with Crippen molar-refractivity contribution in [3.63, 3.8) is 0 Å². The number of hydrogen-bond donors (Lipinski definition) is 1. The number of aryl methyl sites for hydroxylation is 1. The third kappa shape index (κ3) is 3.28. The summed E-state index contributed by atoms with van der Waals surface area (Å²) in [5.41, 5.74) is 3.58. The maximum absolute atomic E-state index is 14.0. The average Bonchev–Trinajstić information content (AvgIpc) is 2.92. The highest BCUT2D eigenvalue weighted by Gasteiger charge is 2.36. The first-order valence-electron chi connectivity index (χ1n) is 8.70. The number of carbonyl (C=O) groups is 1. The van der Waals surface area contributed by atoms with Gasteiger partial charge in [-0.05, 0) is 42.3 Å². The predicted octanol–water partition coefficient (Wildman–Crippen LogP) is 5.55. The molecule has 0 spiro atoms. The Balaban J connectivity index is 1.71. The summed E-state index contributed by atoms with van der Waals surface area (Å²) in [6.07, 6.45) is -0.396. The maximum atomic E-state index is 14.0. The van der Waals surface area contributed by atoms with E-state index in [0.29, 0.717) is 28.4 Å². The van der Waals surface area contributed by atoms with Gasteiger partial charge < -0.3 is 10.2 Å². The fourth-order valence-electron chi connectivity index (χ4n) is 3.34. The zero-order valence-corrected chi connectivity index (χ0v) is 15.5. The molecule has 4 rings (SSSR count). The second-order valence-corrected chi connectivity index (χ2v) is 7.03. The SMILES string of the molecule is Cc1ccc(N[C@@H]2c3ccccc3C(=O)N2Cc2ccccc2Cl)cc1F. The van der Waals surface area contributed by atoms with Crippen LogP contribution in [0.25, 0.3) is 0 Å². The van der Waals surface area contributed by atoms with Crippen LogP contribution in [0.1, 0.15) is 33.2 Å². The van der Waals surface area contributed by atoms with Gasteiger partial charge in [0, 0.05) is 28.4 Å². The topological polar surface area (TPSA) is 32.3 Å². The van der Waals surface area contributed by atoms with Gasteiger partial charge in [-0.25, -0.2) is 4.39 Å². The van der Waals surface area contributed by atoms with Crippen LogP contribution >= 0.6 is 11.6 Å². The zero-order chi connectivity index (χ0) is 19.0. The Hall–Kier alpha value is -2.85. The lowest BCUT2D eigenvalue weighted by Crippen LogP contribution is -2.32. The number of rotatable bonds is 4. The Labute approximate surface area is 162 Å². The Kier molecular flexibility index (Phi) is 4.58. The second-order valence-electron chi connectivity index (χ2n) is 6.62. The maximum Gasteiger partial charge on any atom is 0.256 e. The lowest BCUT2D eigenvalue weighted by atomic mass is 10.1. The number of carbonyl (C=O) groups excluding carboxylic acids is 1. The van der Waals surface area contributed by atoms with Crippen LogP contribution < -0.4 is 5.32 Å². The summed E-state index contributed by atoms with van der Waals surface area (Å²) in [6, 6.07) is 19.9. The first-order chi connectivity index (χ1) is 13.0. The normalized spacial score (nSPS) is 15.7. The van der Waals surface area contributed by atoms with Gasteiger partial charge in [0.05, 0.1) is 0 Å². The van der Waals surface area contributed by atoms with Gasteiger partial charge in [0.1, 0.15) is 12.0 Å². The molecule has 1 aliphatic heterocycles. The fourth-order valence-corrected chi connectivity index (χ4v) is 3.53. The van der Waals surface area contributed by atoms with Crippen molar-refractivity contribution < 1.29 is 9.18 Å². The van der Waals surface area contributed by atoms with Gasteiger partial charge in [-0.1, -0.05) is 54.1 Å². The molecule has 1 aliphatic rings. The summed E-state index contributed by atoms with van der Waals surface area (Å²) >= 11 is 6.30. The highest BCUT2D eigenvalue weighted by Crippen LogP contribution is 2.36. The molecule has 0 saturated carbocycles. The molecule has 1 amide bonds. The third-order valence-electron chi connectivity index (χ3n) is 4.83. The van der Waals surface area contributed by atoms with Crippen molar-refractivity contribution in [2.24, 2.45) is 0 Å². The number of nitrogens with one attached hydrogen (secondary N) is 1. The number of nitrogens with zero attached hydrogens (tertiary/aromatic N) is 1. The Bertz CT molecular complexity index is 1020. The van der Waals surface area contributed by atoms with E-state index in [-0.39, 0.29) is 11.7 Å². The molecule has 0 saturated heterocycles. The molecule has 3 aromatic carbocycles. The summed E-state index contributed by atoms with van der Waals surface area (Å²) in [7, 11) is 0. The van der Waals surface area contributed by atoms with Gasteiger partial charge >= 0.3 is 0 Å². The van der Waals surface area contributed by atoms with E-state index >= 15 is 0 Å². The second kappa shape index (κ2) is 7.05. The van der Waals surface area contributed by atoms with Crippen molar-refractivity contribution in [1.29, 1.82) is 0 Å². The average molecular weight is 381 g/mol. The van der Waals surface area contributed by atoms with Crippen LogP contribution in [0.5, 0.6) is 0 Å². The highest BCUT2D eigenvalue weighted by molar-refractivity contribution is 6.31. The molecule has 1 heterocycles. The van der Waals surface area contributed by atoms with Crippen molar-refractivity contribution in [1.82, 2.24) is 4.90 Å². The van der Waals surface area contributed by atoms with Crippen molar-refractivity contribution in [3.8, 4) is 0 Å². The largest absolute Gasteiger partial charge is 0.361 e. The van der Waals surface area contributed by atoms with E-state index in [9.17, 15) is 9.18 Å². The Morgan fingerprint density at radius 2 is 1.81 bits per heavy atom. The number of anilines is 1. The minimum Gasteiger partial charge on any atom is -0.361 e. The summed E-state index contributed by atoms with van der Waals surface area (Å²) in [4.78, 5) is 14.7. The molecule has 1 atom stereocenters. The minimum atomic E-state index is -0.396. The molecular weight excluding hydrogens is 363 g/mol. The van der Waals surface area contributed by atoms with Crippen LogP contribution in [0, 0.1) is 12.7 Å². The van der Waals surface area contributed by atoms with E-state index < -0.39 is 6.17 Å². The lowest BCUT2D eigenvalue weighted by Gasteiger charge is -2.27. The quantitative estimate of drug-likeness (QED) is 0.643. The van der Waals surface area contributed by atoms with Gasteiger partial charge in [0.15, 0.2) is 0 Å². The van der Waals surface area contributed by atoms with E-state index in [1.807, 2.05) is 54.6 Å². The van der Waals surface area contributed by atoms with Crippen LogP contribution in [0.15, 0.2) is 66.7 Å². The standard InChI is InChI=1S/C22H18ClFN2O/c1-14-10-11-16(12-20(14)24)25-21-17-7-3-4-8-18(17)22(27)26(21)13-15-6-2-5-9-19(15)23/h2-12,21,25H,13H2,1H3/t21-/m0/s1. The molecule has 0 unspecified atom stereocenters. The Morgan fingerprint density at radius 3 is 2.59 bits per heavy atom. The van der Waals surface area contributed by atoms with E-state index in [0.717, 1.165) is 11.1 Å². The van der Waals surface area contributed by atoms with Crippen molar-refractivity contribution in [2.45, 2.75) is 19.6 Å². The third-order valence-corrected chi connectivity index (χ3v) is 5.20. The summed E-state index contributed by atoms with van der Waals surface area (Å²) in [5.74, 6) is -0.356. The molecule has 0 aromatic heterocycles. The van der Waals surface area contributed by atoms with E-state index in [4.69, 9.17) is 11.6 Å². The van der Waals surface area contributed by atoms with Gasteiger partial charge in [-0.2, -0.15) is 0 Å². The van der Waals surface area contributed by atoms with Crippen molar-refractivity contribution in [3.05, 3.63) is 99.8 Å². The van der Waals surface area contributed by atoms with Crippen LogP contribution in [0.4, 0.5) is 10.1 Å². The molecular formula is C22H18ClFN2O. The van der Waals surface area contributed by atoms with Gasteiger partial charge in [-0.3, -0.25) is 4.79 Å². The molecule has 0 radical (unpaired) electrons. The van der Waals surface area contributed by atoms with E-state index in [1.54, 1.807) is 17.9 Å². The van der Waals surface area contributed by atoms with E-state index in [1.165, 1.54) is 6.07 Å². The van der Waals surface area contributed by atoms with Gasteiger partial charge in [0.2, 0.25) is 0 Å². The zero-order valence-electron chi connectivity index (χ0n) is 14.7. The van der Waals surface area contributed by atoms with Crippen molar-refractivity contribution in [2.75, 3.05) is 5.32 Å². The fraction of sp³-hybridized carbons (Fsp3) is 0.136. The molecule has 5 heteroatoms. The number of fused-ring (bicyclic) bond motifs is 1. The molecule has 136 valence electrons. The molecule has 0 fully saturated rings. The Morgan fingerprint density at radius 1 is 1.07 bits per heavy atom. The predicted molar refractivity (Wildman–Crippen MR) is 105 cm³/mol. The number of halogens is 2. The molecule has 3 nitrogen and oxygen atoms in total. The molecule has 0 bridgehead atoms. The number of hydrogen-bond acceptors (Lipinski definition) is 2. The highest BCUT2D eigenvalue weighted by atomic mass is 35.5. The van der Waals surface area contributed by atoms with Gasteiger partial charge in [0.25, 0.3) is 5.91 Å². The smallest absolute Gasteiger partial charge is 0.256 e. The van der Waals surface area contributed by atoms with Crippen LogP contribution in [-0.4, -0.2) is 10.8 Å². The first kappa shape index (κ1) is 17.6. The molecule has 1 N–H and O–H groups in total. The monoisotopic (exact) mass is 380 g/mol. The summed E-state index contributed by atoms with van der Waals surface area (Å²) < 4.78 is 14.0. The minimum absolute atomic E-state index is 0.0735. The molecule has 3 aromatic rings. The van der Waals surface area contributed by atoms with Gasteiger partial charge in [-0.15, -0.1) is 0 Å². The van der Waals surface area contributed by atoms with Crippen molar-refractivity contribution >= 4 is 23.2 Å². The molecule has 27 heavy (non-hydrogen) atoms. The van der Waals surface area contributed by atoms with E-state index in [2.05, 4.69) is 5.32 Å². The van der Waals surface area contributed by atoms with Crippen LogP contribution in [0.3, 0.4) is 0 Å². The van der Waals surface area contributed by atoms with Crippen LogP contribution in [0.2, 0.25) is 5.02 Å². The molecule has 0 aliphatic carbocycles. The van der Waals surface area contributed by atoms with Crippen LogP contribution in [-0.2, 0) is 6.54 Å².